The maximum atomic E-state index is 12.0. The normalized spacial score (nSPS) is 10.5. The highest BCUT2D eigenvalue weighted by Crippen LogP contribution is 2.05. The number of rotatable bonds is 3. The van der Waals surface area contributed by atoms with Crippen LogP contribution in [0, 0.1) is 0 Å². The number of ketones is 1. The van der Waals surface area contributed by atoms with Crippen LogP contribution in [0.3, 0.4) is 0 Å². The lowest BCUT2D eigenvalue weighted by molar-refractivity contribution is 0.101. The summed E-state index contributed by atoms with van der Waals surface area (Å²) in [6.07, 6.45) is 4.78. The minimum absolute atomic E-state index is 0.158. The van der Waals surface area contributed by atoms with Crippen LogP contribution in [-0.4, -0.2) is 30.3 Å². The van der Waals surface area contributed by atoms with Crippen LogP contribution in [0.4, 0.5) is 0 Å². The first-order valence-corrected chi connectivity index (χ1v) is 4.64. The largest absolute Gasteiger partial charge is 0.331 e. The predicted octanol–water partition coefficient (Wildman–Crippen LogP) is 0.262. The summed E-state index contributed by atoms with van der Waals surface area (Å²) in [4.78, 5) is 16.0. The van der Waals surface area contributed by atoms with Crippen LogP contribution in [0.15, 0.2) is 18.6 Å². The van der Waals surface area contributed by atoms with Crippen molar-refractivity contribution in [1.29, 1.82) is 0 Å². The molecular formula is C9H11N5O. The van der Waals surface area contributed by atoms with Crippen molar-refractivity contribution in [3.05, 3.63) is 30.1 Å². The molecule has 2 heterocycles. The van der Waals surface area contributed by atoms with Crippen molar-refractivity contribution < 1.29 is 4.79 Å². The highest BCUT2D eigenvalue weighted by Gasteiger charge is 2.18. The number of imidazole rings is 1. The van der Waals surface area contributed by atoms with E-state index in [-0.39, 0.29) is 5.78 Å². The molecule has 0 atom stereocenters. The molecule has 0 bridgehead atoms. The van der Waals surface area contributed by atoms with Gasteiger partial charge in [-0.25, -0.2) is 9.67 Å². The molecule has 6 heteroatoms. The second-order valence-electron chi connectivity index (χ2n) is 3.13. The fourth-order valence-corrected chi connectivity index (χ4v) is 1.37. The van der Waals surface area contributed by atoms with Crippen molar-refractivity contribution in [3.8, 4) is 0 Å². The lowest BCUT2D eigenvalue weighted by Crippen LogP contribution is -2.14. The zero-order chi connectivity index (χ0) is 10.8. The van der Waals surface area contributed by atoms with Gasteiger partial charge in [-0.2, -0.15) is 0 Å². The van der Waals surface area contributed by atoms with Gasteiger partial charge in [-0.05, 0) is 6.92 Å². The first-order valence-electron chi connectivity index (χ1n) is 4.64. The first kappa shape index (κ1) is 9.57. The Bertz CT molecular complexity index is 484. The van der Waals surface area contributed by atoms with Crippen LogP contribution < -0.4 is 0 Å². The van der Waals surface area contributed by atoms with Crippen molar-refractivity contribution in [2.75, 3.05) is 0 Å². The second kappa shape index (κ2) is 3.64. The summed E-state index contributed by atoms with van der Waals surface area (Å²) >= 11 is 0. The Morgan fingerprint density at radius 2 is 2.33 bits per heavy atom. The van der Waals surface area contributed by atoms with Gasteiger partial charge in [0.2, 0.25) is 5.78 Å². The van der Waals surface area contributed by atoms with Crippen molar-refractivity contribution in [3.63, 3.8) is 0 Å². The van der Waals surface area contributed by atoms with E-state index < -0.39 is 0 Å². The molecule has 0 spiro atoms. The summed E-state index contributed by atoms with van der Waals surface area (Å²) in [6, 6.07) is 0. The highest BCUT2D eigenvalue weighted by atomic mass is 16.1. The number of hydrogen-bond acceptors (Lipinski definition) is 4. The standard InChI is InChI=1S/C9H11N5O/c1-3-14-7(6-11-12-14)8(15)9-10-4-5-13(9)2/h4-6H,3H2,1-2H3. The van der Waals surface area contributed by atoms with Crippen molar-refractivity contribution in [1.82, 2.24) is 24.5 Å². The molecule has 0 saturated carbocycles. The van der Waals surface area contributed by atoms with Gasteiger partial charge >= 0.3 is 0 Å². The van der Waals surface area contributed by atoms with Gasteiger partial charge in [-0.3, -0.25) is 4.79 Å². The molecule has 2 aromatic heterocycles. The SMILES string of the molecule is CCn1nncc1C(=O)c1nccn1C. The summed E-state index contributed by atoms with van der Waals surface area (Å²) in [7, 11) is 1.78. The Labute approximate surface area is 86.5 Å². The van der Waals surface area contributed by atoms with Crippen LogP contribution in [0.1, 0.15) is 23.2 Å². The monoisotopic (exact) mass is 205 g/mol. The molecule has 2 rings (SSSR count). The molecular weight excluding hydrogens is 194 g/mol. The Hall–Kier alpha value is -1.98. The van der Waals surface area contributed by atoms with E-state index in [4.69, 9.17) is 0 Å². The van der Waals surface area contributed by atoms with E-state index in [9.17, 15) is 4.79 Å². The highest BCUT2D eigenvalue weighted by molar-refractivity contribution is 6.05. The fraction of sp³-hybridized carbons (Fsp3) is 0.333. The molecule has 0 aliphatic heterocycles. The number of carbonyl (C=O) groups is 1. The van der Waals surface area contributed by atoms with Crippen molar-refractivity contribution in [2.24, 2.45) is 7.05 Å². The number of aryl methyl sites for hydroxylation is 2. The molecule has 15 heavy (non-hydrogen) atoms. The van der Waals surface area contributed by atoms with E-state index in [2.05, 4.69) is 15.3 Å². The molecule has 2 aromatic rings. The summed E-state index contributed by atoms with van der Waals surface area (Å²) in [5, 5.41) is 7.51. The molecule has 0 amide bonds. The molecule has 0 radical (unpaired) electrons. The zero-order valence-electron chi connectivity index (χ0n) is 8.58. The first-order chi connectivity index (χ1) is 7.24. The molecule has 6 nitrogen and oxygen atoms in total. The van der Waals surface area contributed by atoms with Gasteiger partial charge in [0.1, 0.15) is 5.69 Å². The van der Waals surface area contributed by atoms with Crippen LogP contribution >= 0.6 is 0 Å². The molecule has 0 aliphatic rings. The van der Waals surface area contributed by atoms with E-state index in [0.29, 0.717) is 18.1 Å². The lowest BCUT2D eigenvalue weighted by atomic mass is 10.3. The average Bonchev–Trinajstić information content (AvgIpc) is 2.84. The summed E-state index contributed by atoms with van der Waals surface area (Å²) in [6.45, 7) is 2.52. The lowest BCUT2D eigenvalue weighted by Gasteiger charge is -2.01. The Balaban J connectivity index is 2.41. The van der Waals surface area contributed by atoms with Crippen molar-refractivity contribution in [2.45, 2.75) is 13.5 Å². The minimum Gasteiger partial charge on any atom is -0.331 e. The maximum Gasteiger partial charge on any atom is 0.248 e. The Kier molecular flexibility index (Phi) is 2.32. The second-order valence-corrected chi connectivity index (χ2v) is 3.13. The third kappa shape index (κ3) is 1.54. The van der Waals surface area contributed by atoms with E-state index in [1.54, 1.807) is 28.7 Å². The zero-order valence-corrected chi connectivity index (χ0v) is 8.58. The number of nitrogens with zero attached hydrogens (tertiary/aromatic N) is 5. The van der Waals surface area contributed by atoms with Crippen LogP contribution in [-0.2, 0) is 13.6 Å². The third-order valence-corrected chi connectivity index (χ3v) is 2.17. The Morgan fingerprint density at radius 1 is 1.53 bits per heavy atom. The van der Waals surface area contributed by atoms with Gasteiger partial charge in [0.05, 0.1) is 6.20 Å². The van der Waals surface area contributed by atoms with E-state index in [1.165, 1.54) is 6.20 Å². The predicted molar refractivity (Wildman–Crippen MR) is 52.3 cm³/mol. The molecule has 0 saturated heterocycles. The quantitative estimate of drug-likeness (QED) is 0.674. The number of carbonyl (C=O) groups excluding carboxylic acids is 1. The van der Waals surface area contributed by atoms with Gasteiger partial charge in [0.15, 0.2) is 5.82 Å². The molecule has 0 aliphatic carbocycles. The van der Waals surface area contributed by atoms with Crippen LogP contribution in [0.25, 0.3) is 0 Å². The van der Waals surface area contributed by atoms with E-state index >= 15 is 0 Å². The molecule has 0 aromatic carbocycles. The summed E-state index contributed by atoms with van der Waals surface area (Å²) < 4.78 is 3.23. The van der Waals surface area contributed by atoms with Gasteiger partial charge in [0.25, 0.3) is 0 Å². The van der Waals surface area contributed by atoms with E-state index in [0.717, 1.165) is 0 Å². The maximum absolute atomic E-state index is 12.0. The minimum atomic E-state index is -0.158. The van der Waals surface area contributed by atoms with Gasteiger partial charge in [-0.1, -0.05) is 5.21 Å². The smallest absolute Gasteiger partial charge is 0.248 e. The third-order valence-electron chi connectivity index (χ3n) is 2.17. The molecule has 78 valence electrons. The Morgan fingerprint density at radius 3 is 2.93 bits per heavy atom. The van der Waals surface area contributed by atoms with E-state index in [1.807, 2.05) is 6.92 Å². The molecule has 0 unspecified atom stereocenters. The van der Waals surface area contributed by atoms with Gasteiger partial charge in [0, 0.05) is 26.0 Å². The molecule has 0 N–H and O–H groups in total. The average molecular weight is 205 g/mol. The molecule has 0 fully saturated rings. The van der Waals surface area contributed by atoms with Gasteiger partial charge < -0.3 is 4.57 Å². The van der Waals surface area contributed by atoms with Crippen LogP contribution in [0.2, 0.25) is 0 Å². The summed E-state index contributed by atoms with van der Waals surface area (Å²) in [5.74, 6) is 0.237. The topological polar surface area (TPSA) is 65.6 Å². The van der Waals surface area contributed by atoms with Crippen molar-refractivity contribution >= 4 is 5.78 Å². The number of aromatic nitrogens is 5. The number of hydrogen-bond donors (Lipinski definition) is 0. The summed E-state index contributed by atoms with van der Waals surface area (Å²) in [5.41, 5.74) is 0.465. The van der Waals surface area contributed by atoms with Crippen LogP contribution in [0.5, 0.6) is 0 Å². The van der Waals surface area contributed by atoms with Gasteiger partial charge in [-0.15, -0.1) is 5.10 Å². The fourth-order valence-electron chi connectivity index (χ4n) is 1.37.